The Balaban J connectivity index is 2.08. The summed E-state index contributed by atoms with van der Waals surface area (Å²) in [5.41, 5.74) is 1.24. The molecule has 3 rings (SSSR count). The molecule has 0 spiro atoms. The second-order valence-electron chi connectivity index (χ2n) is 4.85. The third-order valence-corrected chi connectivity index (χ3v) is 3.81. The summed E-state index contributed by atoms with van der Waals surface area (Å²) in [7, 11) is 0. The molecule has 0 aliphatic rings. The summed E-state index contributed by atoms with van der Waals surface area (Å²) in [5, 5.41) is 16.9. The topological polar surface area (TPSA) is 68.0 Å². The summed E-state index contributed by atoms with van der Waals surface area (Å²) in [6.07, 6.45) is 0. The Morgan fingerprint density at radius 3 is 2.61 bits per heavy atom. The molecule has 0 saturated heterocycles. The summed E-state index contributed by atoms with van der Waals surface area (Å²) < 4.78 is 16.1. The van der Waals surface area contributed by atoms with Gasteiger partial charge < -0.3 is 5.11 Å². The van der Waals surface area contributed by atoms with Crippen molar-refractivity contribution < 1.29 is 14.3 Å². The van der Waals surface area contributed by atoms with Crippen LogP contribution in [0.15, 0.2) is 53.0 Å². The van der Waals surface area contributed by atoms with E-state index in [2.05, 4.69) is 26.2 Å². The monoisotopic (exact) mass is 375 g/mol. The molecule has 5 nitrogen and oxygen atoms in total. The van der Waals surface area contributed by atoms with Gasteiger partial charge in [-0.3, -0.25) is 0 Å². The normalized spacial score (nSPS) is 10.7. The van der Waals surface area contributed by atoms with E-state index in [0.717, 1.165) is 0 Å². The van der Waals surface area contributed by atoms with Crippen LogP contribution in [0.3, 0.4) is 0 Å². The van der Waals surface area contributed by atoms with E-state index in [1.807, 2.05) is 6.07 Å². The summed E-state index contributed by atoms with van der Waals surface area (Å²) in [5.74, 6) is -1.57. The Labute approximate surface area is 139 Å². The number of aromatic nitrogens is 3. The van der Waals surface area contributed by atoms with Crippen LogP contribution in [0.5, 0.6) is 0 Å². The SMILES string of the molecule is O=C(O)c1nnn(Cc2ccc(Br)cc2F)c1-c1ccccc1. The average Bonchev–Trinajstić information content (AvgIpc) is 2.95. The van der Waals surface area contributed by atoms with Gasteiger partial charge in [-0.15, -0.1) is 5.10 Å². The molecule has 7 heteroatoms. The fourth-order valence-electron chi connectivity index (χ4n) is 2.26. The zero-order valence-electron chi connectivity index (χ0n) is 11.8. The quantitative estimate of drug-likeness (QED) is 0.756. The molecule has 1 aromatic heterocycles. The van der Waals surface area contributed by atoms with Crippen molar-refractivity contribution in [2.24, 2.45) is 0 Å². The fraction of sp³-hybridized carbons (Fsp3) is 0.0625. The smallest absolute Gasteiger partial charge is 0.358 e. The Morgan fingerprint density at radius 2 is 1.96 bits per heavy atom. The number of benzene rings is 2. The highest BCUT2D eigenvalue weighted by Gasteiger charge is 2.21. The first kappa shape index (κ1) is 15.4. The van der Waals surface area contributed by atoms with E-state index in [1.54, 1.807) is 36.4 Å². The van der Waals surface area contributed by atoms with Gasteiger partial charge in [-0.2, -0.15) is 0 Å². The number of carboxylic acids is 1. The van der Waals surface area contributed by atoms with Crippen LogP contribution in [0.1, 0.15) is 16.1 Å². The number of carbonyl (C=O) groups is 1. The van der Waals surface area contributed by atoms with Gasteiger partial charge in [0.15, 0.2) is 5.69 Å². The zero-order chi connectivity index (χ0) is 16.4. The van der Waals surface area contributed by atoms with E-state index < -0.39 is 11.8 Å². The van der Waals surface area contributed by atoms with Crippen LogP contribution < -0.4 is 0 Å². The second-order valence-corrected chi connectivity index (χ2v) is 5.77. The van der Waals surface area contributed by atoms with Crippen molar-refractivity contribution in [1.82, 2.24) is 15.0 Å². The van der Waals surface area contributed by atoms with E-state index >= 15 is 0 Å². The van der Waals surface area contributed by atoms with Gasteiger partial charge >= 0.3 is 5.97 Å². The van der Waals surface area contributed by atoms with Gasteiger partial charge in [0.25, 0.3) is 0 Å². The van der Waals surface area contributed by atoms with Crippen LogP contribution >= 0.6 is 15.9 Å². The largest absolute Gasteiger partial charge is 0.476 e. The molecule has 0 aliphatic carbocycles. The van der Waals surface area contributed by atoms with Gasteiger partial charge in [-0.25, -0.2) is 13.9 Å². The van der Waals surface area contributed by atoms with Crippen LogP contribution in [-0.2, 0) is 6.54 Å². The van der Waals surface area contributed by atoms with Gasteiger partial charge in [-0.05, 0) is 12.1 Å². The molecule has 0 fully saturated rings. The number of halogens is 2. The molecule has 3 aromatic rings. The summed E-state index contributed by atoms with van der Waals surface area (Å²) >= 11 is 3.20. The van der Waals surface area contributed by atoms with Crippen LogP contribution in [0, 0.1) is 5.82 Å². The van der Waals surface area contributed by atoms with Gasteiger partial charge in [-0.1, -0.05) is 57.5 Å². The first-order valence-corrected chi connectivity index (χ1v) is 7.51. The molecular weight excluding hydrogens is 365 g/mol. The van der Waals surface area contributed by atoms with Crippen molar-refractivity contribution in [3.63, 3.8) is 0 Å². The molecule has 1 N–H and O–H groups in total. The highest BCUT2D eigenvalue weighted by Crippen LogP contribution is 2.24. The summed E-state index contributed by atoms with van der Waals surface area (Å²) in [6.45, 7) is 0.0869. The Hall–Kier alpha value is -2.54. The van der Waals surface area contributed by atoms with E-state index in [9.17, 15) is 14.3 Å². The van der Waals surface area contributed by atoms with Crippen molar-refractivity contribution in [2.45, 2.75) is 6.54 Å². The molecule has 0 atom stereocenters. The van der Waals surface area contributed by atoms with Crippen LogP contribution in [0.25, 0.3) is 11.3 Å². The number of nitrogens with zero attached hydrogens (tertiary/aromatic N) is 3. The first-order chi connectivity index (χ1) is 11.1. The maximum absolute atomic E-state index is 14.0. The molecular formula is C16H11BrFN3O2. The van der Waals surface area contributed by atoms with Crippen molar-refractivity contribution in [2.75, 3.05) is 0 Å². The molecule has 0 unspecified atom stereocenters. The molecule has 1 heterocycles. The molecule has 0 amide bonds. The number of rotatable bonds is 4. The van der Waals surface area contributed by atoms with Gasteiger partial charge in [0.2, 0.25) is 0 Å². The lowest BCUT2D eigenvalue weighted by Crippen LogP contribution is -2.07. The zero-order valence-corrected chi connectivity index (χ0v) is 13.4. The number of hydrogen-bond acceptors (Lipinski definition) is 3. The summed E-state index contributed by atoms with van der Waals surface area (Å²) in [4.78, 5) is 11.4. The molecule has 0 radical (unpaired) electrons. The number of carboxylic acid groups (broad SMARTS) is 1. The number of hydrogen-bond donors (Lipinski definition) is 1. The lowest BCUT2D eigenvalue weighted by atomic mass is 10.1. The predicted molar refractivity (Wildman–Crippen MR) is 85.6 cm³/mol. The Kier molecular flexibility index (Phi) is 4.20. The first-order valence-electron chi connectivity index (χ1n) is 6.72. The number of aromatic carboxylic acids is 1. The minimum atomic E-state index is -1.17. The maximum Gasteiger partial charge on any atom is 0.358 e. The van der Waals surface area contributed by atoms with Gasteiger partial charge in [0, 0.05) is 15.6 Å². The Bertz CT molecular complexity index is 865. The fourth-order valence-corrected chi connectivity index (χ4v) is 2.59. The third-order valence-electron chi connectivity index (χ3n) is 3.32. The van der Waals surface area contributed by atoms with Crippen molar-refractivity contribution in [1.29, 1.82) is 0 Å². The maximum atomic E-state index is 14.0. The molecule has 0 saturated carbocycles. The van der Waals surface area contributed by atoms with E-state index in [-0.39, 0.29) is 12.2 Å². The third kappa shape index (κ3) is 3.14. The van der Waals surface area contributed by atoms with E-state index in [0.29, 0.717) is 21.3 Å². The lowest BCUT2D eigenvalue weighted by molar-refractivity contribution is 0.0691. The highest BCUT2D eigenvalue weighted by molar-refractivity contribution is 9.10. The molecule has 23 heavy (non-hydrogen) atoms. The standard InChI is InChI=1S/C16H11BrFN3O2/c17-12-7-6-11(13(18)8-12)9-21-15(10-4-2-1-3-5-10)14(16(22)23)19-20-21/h1-8H,9H2,(H,22,23). The van der Waals surface area contributed by atoms with Crippen molar-refractivity contribution in [3.05, 3.63) is 70.1 Å². The van der Waals surface area contributed by atoms with Crippen LogP contribution in [0.2, 0.25) is 0 Å². The minimum Gasteiger partial charge on any atom is -0.476 e. The summed E-state index contributed by atoms with van der Waals surface area (Å²) in [6, 6.07) is 13.6. The minimum absolute atomic E-state index is 0.0869. The van der Waals surface area contributed by atoms with E-state index in [1.165, 1.54) is 10.7 Å². The second kappa shape index (κ2) is 6.29. The molecule has 116 valence electrons. The molecule has 0 aliphatic heterocycles. The predicted octanol–water partition coefficient (Wildman–Crippen LogP) is 3.59. The highest BCUT2D eigenvalue weighted by atomic mass is 79.9. The average molecular weight is 376 g/mol. The van der Waals surface area contributed by atoms with Gasteiger partial charge in [0.1, 0.15) is 11.5 Å². The van der Waals surface area contributed by atoms with Crippen LogP contribution in [-0.4, -0.2) is 26.1 Å². The molecule has 0 bridgehead atoms. The van der Waals surface area contributed by atoms with Crippen molar-refractivity contribution in [3.8, 4) is 11.3 Å². The Morgan fingerprint density at radius 1 is 1.22 bits per heavy atom. The van der Waals surface area contributed by atoms with E-state index in [4.69, 9.17) is 0 Å². The van der Waals surface area contributed by atoms with Crippen molar-refractivity contribution >= 4 is 21.9 Å². The molecule has 2 aromatic carbocycles. The lowest BCUT2D eigenvalue weighted by Gasteiger charge is -2.08. The van der Waals surface area contributed by atoms with Gasteiger partial charge in [0.05, 0.1) is 6.54 Å². The van der Waals surface area contributed by atoms with Crippen LogP contribution in [0.4, 0.5) is 4.39 Å².